The summed E-state index contributed by atoms with van der Waals surface area (Å²) in [5.41, 5.74) is 2.12. The van der Waals surface area contributed by atoms with Gasteiger partial charge in [0.1, 0.15) is 18.2 Å². The molecule has 0 aliphatic rings. The second-order valence-corrected chi connectivity index (χ2v) is 8.12. The largest absolute Gasteiger partial charge is 0.492 e. The summed E-state index contributed by atoms with van der Waals surface area (Å²) < 4.78 is 23.8. The molecule has 0 unspecified atom stereocenters. The van der Waals surface area contributed by atoms with E-state index in [-0.39, 0.29) is 5.82 Å². The molecule has 0 aliphatic heterocycles. The van der Waals surface area contributed by atoms with Gasteiger partial charge in [-0.1, -0.05) is 0 Å². The van der Waals surface area contributed by atoms with Crippen LogP contribution in [0.1, 0.15) is 5.56 Å². The molecule has 0 atom stereocenters. The van der Waals surface area contributed by atoms with Crippen molar-refractivity contribution < 1.29 is 9.13 Å². The van der Waals surface area contributed by atoms with Crippen molar-refractivity contribution in [2.45, 2.75) is 11.8 Å². The Hall–Kier alpha value is -1.15. The molecule has 1 N–H and O–H groups in total. The van der Waals surface area contributed by atoms with E-state index in [4.69, 9.17) is 4.74 Å². The molecule has 1 aromatic heterocycles. The van der Waals surface area contributed by atoms with Crippen molar-refractivity contribution in [2.75, 3.05) is 13.2 Å². The number of benzene rings is 2. The lowest BCUT2D eigenvalue weighted by Crippen LogP contribution is -2.14. The van der Waals surface area contributed by atoms with Gasteiger partial charge in [0.25, 0.3) is 0 Å². The number of rotatable bonds is 6. The van der Waals surface area contributed by atoms with E-state index in [2.05, 4.69) is 25.6 Å². The first kappa shape index (κ1) is 16.7. The standard InChI is InChI=1S/C16H14BrFN2OS2/c1-10-8-12(9-14-15(10)20-16(17)22-14)21-7-6-19-23-13-4-2-11(18)3-5-13/h2-5,8-9,19H,6-7H2,1H3. The smallest absolute Gasteiger partial charge is 0.160 e. The number of nitrogens with one attached hydrogen (secondary N) is 1. The van der Waals surface area contributed by atoms with E-state index >= 15 is 0 Å². The lowest BCUT2D eigenvalue weighted by atomic mass is 10.2. The topological polar surface area (TPSA) is 34.1 Å². The fraction of sp³-hybridized carbons (Fsp3) is 0.188. The van der Waals surface area contributed by atoms with Crippen LogP contribution in [-0.4, -0.2) is 18.1 Å². The summed E-state index contributed by atoms with van der Waals surface area (Å²) in [6.07, 6.45) is 0. The van der Waals surface area contributed by atoms with Crippen LogP contribution in [0.25, 0.3) is 10.2 Å². The van der Waals surface area contributed by atoms with E-state index in [0.717, 1.165) is 30.3 Å². The Labute approximate surface area is 150 Å². The van der Waals surface area contributed by atoms with Crippen LogP contribution < -0.4 is 9.46 Å². The van der Waals surface area contributed by atoms with E-state index in [1.807, 2.05) is 19.1 Å². The second kappa shape index (κ2) is 7.61. The Morgan fingerprint density at radius 1 is 1.30 bits per heavy atom. The quantitative estimate of drug-likeness (QED) is 0.446. The maximum absolute atomic E-state index is 12.8. The van der Waals surface area contributed by atoms with Crippen molar-refractivity contribution >= 4 is 49.4 Å². The first-order chi connectivity index (χ1) is 11.1. The van der Waals surface area contributed by atoms with Gasteiger partial charge in [-0.3, -0.25) is 4.72 Å². The first-order valence-electron chi connectivity index (χ1n) is 6.96. The van der Waals surface area contributed by atoms with Crippen molar-refractivity contribution in [3.63, 3.8) is 0 Å². The zero-order valence-corrected chi connectivity index (χ0v) is 15.5. The monoisotopic (exact) mass is 412 g/mol. The van der Waals surface area contributed by atoms with Crippen molar-refractivity contribution in [2.24, 2.45) is 0 Å². The molecular weight excluding hydrogens is 399 g/mol. The van der Waals surface area contributed by atoms with Crippen LogP contribution in [-0.2, 0) is 0 Å². The molecule has 3 nitrogen and oxygen atoms in total. The second-order valence-electron chi connectivity index (χ2n) is 4.85. The van der Waals surface area contributed by atoms with E-state index in [1.165, 1.54) is 24.1 Å². The highest BCUT2D eigenvalue weighted by Gasteiger charge is 2.07. The van der Waals surface area contributed by atoms with Gasteiger partial charge >= 0.3 is 0 Å². The number of hydrogen-bond acceptors (Lipinski definition) is 5. The number of hydrogen-bond donors (Lipinski definition) is 1. The van der Waals surface area contributed by atoms with E-state index in [9.17, 15) is 4.39 Å². The highest BCUT2D eigenvalue weighted by atomic mass is 79.9. The molecule has 1 heterocycles. The van der Waals surface area contributed by atoms with Crippen LogP contribution in [0.4, 0.5) is 4.39 Å². The van der Waals surface area contributed by atoms with Crippen molar-refractivity contribution in [1.29, 1.82) is 0 Å². The molecule has 0 saturated heterocycles. The lowest BCUT2D eigenvalue weighted by Gasteiger charge is -2.08. The van der Waals surface area contributed by atoms with Crippen LogP contribution in [0.3, 0.4) is 0 Å². The summed E-state index contributed by atoms with van der Waals surface area (Å²) in [5, 5.41) is 0. The predicted octanol–water partition coefficient (Wildman–Crippen LogP) is 5.18. The molecule has 0 saturated carbocycles. The summed E-state index contributed by atoms with van der Waals surface area (Å²) in [5.74, 6) is 0.623. The zero-order valence-electron chi connectivity index (χ0n) is 12.3. The van der Waals surface area contributed by atoms with Gasteiger partial charge in [-0.15, -0.1) is 11.3 Å². The lowest BCUT2D eigenvalue weighted by molar-refractivity contribution is 0.325. The first-order valence-corrected chi connectivity index (χ1v) is 9.39. The van der Waals surface area contributed by atoms with Crippen molar-refractivity contribution in [3.05, 3.63) is 51.7 Å². The van der Waals surface area contributed by atoms with Crippen molar-refractivity contribution in [1.82, 2.24) is 9.71 Å². The Balaban J connectivity index is 1.49. The normalized spacial score (nSPS) is 11.1. The third-order valence-electron chi connectivity index (χ3n) is 3.11. The number of nitrogens with zero attached hydrogens (tertiary/aromatic N) is 1. The number of aromatic nitrogens is 1. The van der Waals surface area contributed by atoms with Gasteiger partial charge in [0.2, 0.25) is 0 Å². The average molecular weight is 413 g/mol. The molecule has 0 fully saturated rings. The fourth-order valence-electron chi connectivity index (χ4n) is 2.07. The molecular formula is C16H14BrFN2OS2. The molecule has 3 rings (SSSR count). The molecule has 0 spiro atoms. The third kappa shape index (κ3) is 4.44. The number of thiazole rings is 1. The van der Waals surface area contributed by atoms with Gasteiger partial charge in [0, 0.05) is 11.4 Å². The average Bonchev–Trinajstić information content (AvgIpc) is 2.90. The summed E-state index contributed by atoms with van der Waals surface area (Å²) in [4.78, 5) is 5.41. The molecule has 23 heavy (non-hydrogen) atoms. The summed E-state index contributed by atoms with van der Waals surface area (Å²) in [6.45, 7) is 3.27. The Morgan fingerprint density at radius 2 is 2.09 bits per heavy atom. The molecule has 0 aliphatic carbocycles. The highest BCUT2D eigenvalue weighted by Crippen LogP contribution is 2.31. The van der Waals surface area contributed by atoms with Gasteiger partial charge in [-0.2, -0.15) is 0 Å². The number of aryl methyl sites for hydroxylation is 1. The molecule has 7 heteroatoms. The van der Waals surface area contributed by atoms with Crippen LogP contribution >= 0.6 is 39.2 Å². The minimum absolute atomic E-state index is 0.224. The maximum Gasteiger partial charge on any atom is 0.160 e. The van der Waals surface area contributed by atoms with Crippen molar-refractivity contribution in [3.8, 4) is 5.75 Å². The van der Waals surface area contributed by atoms with Crippen LogP contribution in [0, 0.1) is 12.7 Å². The minimum Gasteiger partial charge on any atom is -0.492 e. The molecule has 0 amide bonds. The number of fused-ring (bicyclic) bond motifs is 1. The number of halogens is 2. The Morgan fingerprint density at radius 3 is 2.87 bits per heavy atom. The predicted molar refractivity (Wildman–Crippen MR) is 97.8 cm³/mol. The van der Waals surface area contributed by atoms with Gasteiger partial charge in [0.05, 0.1) is 10.2 Å². The van der Waals surface area contributed by atoms with E-state index in [0.29, 0.717) is 13.2 Å². The molecule has 2 aromatic carbocycles. The number of ether oxygens (including phenoxy) is 1. The SMILES string of the molecule is Cc1cc(OCCNSc2ccc(F)cc2)cc2sc(Br)nc12. The van der Waals surface area contributed by atoms with Crippen LogP contribution in [0.5, 0.6) is 5.75 Å². The zero-order chi connectivity index (χ0) is 16.2. The van der Waals surface area contributed by atoms with Gasteiger partial charge in [-0.25, -0.2) is 9.37 Å². The molecule has 120 valence electrons. The van der Waals surface area contributed by atoms with Crippen LogP contribution in [0.15, 0.2) is 45.2 Å². The Bertz CT molecular complexity index is 808. The van der Waals surface area contributed by atoms with E-state index < -0.39 is 0 Å². The Kier molecular flexibility index (Phi) is 5.53. The third-order valence-corrected chi connectivity index (χ3v) is 5.42. The van der Waals surface area contributed by atoms with Gasteiger partial charge < -0.3 is 4.74 Å². The molecule has 3 aromatic rings. The molecule has 0 radical (unpaired) electrons. The maximum atomic E-state index is 12.8. The highest BCUT2D eigenvalue weighted by molar-refractivity contribution is 9.11. The van der Waals surface area contributed by atoms with E-state index in [1.54, 1.807) is 23.5 Å². The van der Waals surface area contributed by atoms with Gasteiger partial charge in [-0.05, 0) is 76.8 Å². The fourth-order valence-corrected chi connectivity index (χ4v) is 4.19. The summed E-state index contributed by atoms with van der Waals surface area (Å²) >= 11 is 6.47. The van der Waals surface area contributed by atoms with Gasteiger partial charge in [0.15, 0.2) is 3.92 Å². The molecule has 0 bridgehead atoms. The minimum atomic E-state index is -0.224. The van der Waals surface area contributed by atoms with Crippen LogP contribution in [0.2, 0.25) is 0 Å². The summed E-state index contributed by atoms with van der Waals surface area (Å²) in [6, 6.07) is 10.4. The summed E-state index contributed by atoms with van der Waals surface area (Å²) in [7, 11) is 0.